The van der Waals surface area contributed by atoms with Crippen molar-refractivity contribution in [3.8, 4) is 0 Å². The lowest BCUT2D eigenvalue weighted by Gasteiger charge is -2.20. The van der Waals surface area contributed by atoms with Crippen LogP contribution in [0.15, 0.2) is 41.4 Å². The molecule has 1 saturated carbocycles. The van der Waals surface area contributed by atoms with Crippen LogP contribution in [0.3, 0.4) is 0 Å². The molecule has 0 aromatic heterocycles. The van der Waals surface area contributed by atoms with Crippen molar-refractivity contribution in [3.05, 3.63) is 47.5 Å². The fourth-order valence-corrected chi connectivity index (χ4v) is 3.31. The van der Waals surface area contributed by atoms with Gasteiger partial charge >= 0.3 is 0 Å². The number of aryl methyl sites for hydroxylation is 1. The lowest BCUT2D eigenvalue weighted by Crippen LogP contribution is -2.43. The molecule has 2 N–H and O–H groups in total. The molecule has 0 amide bonds. The van der Waals surface area contributed by atoms with Gasteiger partial charge in [-0.25, -0.2) is 0 Å². The average molecular weight is 425 g/mol. The first-order valence-corrected chi connectivity index (χ1v) is 8.49. The van der Waals surface area contributed by atoms with Crippen molar-refractivity contribution in [2.75, 3.05) is 13.1 Å². The van der Waals surface area contributed by atoms with Crippen LogP contribution in [-0.2, 0) is 5.41 Å². The minimum Gasteiger partial charge on any atom is -0.357 e. The van der Waals surface area contributed by atoms with Gasteiger partial charge in [0.2, 0.25) is 0 Å². The van der Waals surface area contributed by atoms with Gasteiger partial charge in [0.15, 0.2) is 5.96 Å². The van der Waals surface area contributed by atoms with E-state index in [9.17, 15) is 0 Å². The smallest absolute Gasteiger partial charge is 0.191 e. The van der Waals surface area contributed by atoms with Crippen LogP contribution in [-0.4, -0.2) is 25.1 Å². The van der Waals surface area contributed by atoms with Gasteiger partial charge in [0.25, 0.3) is 0 Å². The Kier molecular flexibility index (Phi) is 6.50. The normalized spacial score (nSPS) is 19.3. The van der Waals surface area contributed by atoms with Crippen molar-refractivity contribution in [2.24, 2.45) is 4.99 Å². The molecule has 1 aromatic carbocycles. The first-order valence-electron chi connectivity index (χ1n) is 8.49. The second kappa shape index (κ2) is 8.18. The minimum atomic E-state index is 0. The number of hydrogen-bond donors (Lipinski definition) is 2. The van der Waals surface area contributed by atoms with E-state index in [4.69, 9.17) is 4.99 Å². The topological polar surface area (TPSA) is 36.4 Å². The summed E-state index contributed by atoms with van der Waals surface area (Å²) in [5.41, 5.74) is 3.16. The van der Waals surface area contributed by atoms with E-state index >= 15 is 0 Å². The molecule has 3 rings (SSSR count). The Morgan fingerprint density at radius 3 is 2.52 bits per heavy atom. The molecule has 0 atom stereocenters. The zero-order chi connectivity index (χ0) is 15.4. The Morgan fingerprint density at radius 2 is 1.91 bits per heavy atom. The van der Waals surface area contributed by atoms with Gasteiger partial charge in [-0.3, -0.25) is 4.99 Å². The van der Waals surface area contributed by atoms with E-state index in [1.165, 1.54) is 24.0 Å². The van der Waals surface area contributed by atoms with Crippen molar-refractivity contribution in [1.82, 2.24) is 10.6 Å². The molecule has 0 heterocycles. The van der Waals surface area contributed by atoms with Crippen molar-refractivity contribution >= 4 is 29.9 Å². The first kappa shape index (κ1) is 18.3. The summed E-state index contributed by atoms with van der Waals surface area (Å²) in [4.78, 5) is 4.90. The summed E-state index contributed by atoms with van der Waals surface area (Å²) in [5.74, 6) is 0.969. The molecule has 0 spiro atoms. The van der Waals surface area contributed by atoms with Gasteiger partial charge in [0.05, 0.1) is 6.54 Å². The van der Waals surface area contributed by atoms with E-state index in [1.807, 2.05) is 0 Å². The number of halogens is 1. The second-order valence-electron chi connectivity index (χ2n) is 6.57. The standard InChI is InChI=1S/C19H27N3.HI/c1-3-20-18(22-16-9-5-6-10-16)21-14-19(12-13-19)17-11-7-4-8-15(17)2;/h4-8,11,16H,3,9-10,12-14H2,1-2H3,(H2,20,21,22);1H. The second-order valence-corrected chi connectivity index (χ2v) is 6.57. The predicted molar refractivity (Wildman–Crippen MR) is 109 cm³/mol. The number of rotatable bonds is 5. The van der Waals surface area contributed by atoms with Crippen molar-refractivity contribution in [1.29, 1.82) is 0 Å². The van der Waals surface area contributed by atoms with E-state index in [0.29, 0.717) is 6.04 Å². The maximum atomic E-state index is 4.90. The van der Waals surface area contributed by atoms with Gasteiger partial charge in [-0.2, -0.15) is 0 Å². The van der Waals surface area contributed by atoms with Crippen LogP contribution in [0, 0.1) is 6.92 Å². The lowest BCUT2D eigenvalue weighted by atomic mass is 9.92. The highest BCUT2D eigenvalue weighted by atomic mass is 127. The maximum Gasteiger partial charge on any atom is 0.191 e. The number of guanidine groups is 1. The third kappa shape index (κ3) is 4.49. The summed E-state index contributed by atoms with van der Waals surface area (Å²) in [6.45, 7) is 6.13. The molecule has 1 fully saturated rings. The molecule has 0 aliphatic heterocycles. The summed E-state index contributed by atoms with van der Waals surface area (Å²) >= 11 is 0. The number of aliphatic imine (C=N–C) groups is 1. The van der Waals surface area contributed by atoms with Gasteiger partial charge < -0.3 is 10.6 Å². The zero-order valence-corrected chi connectivity index (χ0v) is 16.5. The molecule has 0 radical (unpaired) electrons. The molecule has 0 saturated heterocycles. The molecule has 126 valence electrons. The number of benzene rings is 1. The molecular formula is C19H28IN3. The third-order valence-corrected chi connectivity index (χ3v) is 4.80. The average Bonchev–Trinajstić information content (AvgIpc) is 3.13. The van der Waals surface area contributed by atoms with Gasteiger partial charge in [-0.15, -0.1) is 24.0 Å². The largest absolute Gasteiger partial charge is 0.357 e. The number of hydrogen-bond acceptors (Lipinski definition) is 1. The van der Waals surface area contributed by atoms with Gasteiger partial charge in [0, 0.05) is 18.0 Å². The quantitative estimate of drug-likeness (QED) is 0.325. The summed E-state index contributed by atoms with van der Waals surface area (Å²) in [5, 5.41) is 6.95. The lowest BCUT2D eigenvalue weighted by molar-refractivity contribution is 0.624. The molecule has 0 bridgehead atoms. The van der Waals surface area contributed by atoms with E-state index in [0.717, 1.165) is 31.9 Å². The van der Waals surface area contributed by atoms with Gasteiger partial charge in [0.1, 0.15) is 0 Å². The van der Waals surface area contributed by atoms with Crippen LogP contribution in [0.5, 0.6) is 0 Å². The van der Waals surface area contributed by atoms with Crippen LogP contribution in [0.2, 0.25) is 0 Å². The third-order valence-electron chi connectivity index (χ3n) is 4.80. The van der Waals surface area contributed by atoms with E-state index in [-0.39, 0.29) is 29.4 Å². The molecule has 2 aliphatic carbocycles. The van der Waals surface area contributed by atoms with Crippen molar-refractivity contribution in [3.63, 3.8) is 0 Å². The predicted octanol–water partition coefficient (Wildman–Crippen LogP) is 3.92. The summed E-state index contributed by atoms with van der Waals surface area (Å²) in [6, 6.07) is 9.27. The highest BCUT2D eigenvalue weighted by Crippen LogP contribution is 2.49. The van der Waals surface area contributed by atoms with Crippen molar-refractivity contribution in [2.45, 2.75) is 51.0 Å². The molecular weight excluding hydrogens is 397 g/mol. The van der Waals surface area contributed by atoms with Gasteiger partial charge in [-0.1, -0.05) is 36.4 Å². The summed E-state index contributed by atoms with van der Waals surface area (Å²) < 4.78 is 0. The Morgan fingerprint density at radius 1 is 1.22 bits per heavy atom. The fourth-order valence-electron chi connectivity index (χ4n) is 3.31. The van der Waals surface area contributed by atoms with Gasteiger partial charge in [-0.05, 0) is 50.7 Å². The minimum absolute atomic E-state index is 0. The zero-order valence-electron chi connectivity index (χ0n) is 14.1. The summed E-state index contributed by atoms with van der Waals surface area (Å²) in [6.07, 6.45) is 9.21. The highest BCUT2D eigenvalue weighted by molar-refractivity contribution is 14.0. The van der Waals surface area contributed by atoms with Crippen molar-refractivity contribution < 1.29 is 0 Å². The SMILES string of the molecule is CCNC(=NCC1(c2ccccc2C)CC1)NC1CC=CC1.I. The Labute approximate surface area is 157 Å². The summed E-state index contributed by atoms with van der Waals surface area (Å²) in [7, 11) is 0. The van der Waals surface area contributed by atoms with Crippen LogP contribution >= 0.6 is 24.0 Å². The number of nitrogens with one attached hydrogen (secondary N) is 2. The fraction of sp³-hybridized carbons (Fsp3) is 0.526. The monoisotopic (exact) mass is 425 g/mol. The van der Waals surface area contributed by atoms with E-state index in [2.05, 4.69) is 60.9 Å². The number of nitrogens with zero attached hydrogens (tertiary/aromatic N) is 1. The van der Waals surface area contributed by atoms with E-state index < -0.39 is 0 Å². The molecule has 1 aromatic rings. The Hall–Kier alpha value is -1.04. The van der Waals surface area contributed by atoms with Crippen LogP contribution in [0.1, 0.15) is 43.7 Å². The van der Waals surface area contributed by atoms with Crippen LogP contribution in [0.25, 0.3) is 0 Å². The maximum absolute atomic E-state index is 4.90. The molecule has 4 heteroatoms. The molecule has 2 aliphatic rings. The first-order chi connectivity index (χ1) is 10.7. The Balaban J connectivity index is 0.00000192. The Bertz CT molecular complexity index is 568. The van der Waals surface area contributed by atoms with E-state index in [1.54, 1.807) is 0 Å². The molecule has 3 nitrogen and oxygen atoms in total. The highest BCUT2D eigenvalue weighted by Gasteiger charge is 2.44. The molecule has 23 heavy (non-hydrogen) atoms. The van der Waals surface area contributed by atoms with Crippen LogP contribution < -0.4 is 10.6 Å². The van der Waals surface area contributed by atoms with Crippen LogP contribution in [0.4, 0.5) is 0 Å². The molecule has 0 unspecified atom stereocenters.